The third-order valence-corrected chi connectivity index (χ3v) is 2.14. The standard InChI is InChI=1S/C11H11FN4O/c1-7-15-10(9(12)11(17)16-7)14-6-8-4-2-3-5-13-8/h2-5H,6H2,1H3,(H2,14,15,16,17). The second-order valence-electron chi connectivity index (χ2n) is 3.49. The number of hydrogen-bond donors (Lipinski definition) is 2. The summed E-state index contributed by atoms with van der Waals surface area (Å²) in [6.07, 6.45) is 1.64. The molecule has 0 aliphatic carbocycles. The smallest absolute Gasteiger partial charge is 0.289 e. The fraction of sp³-hybridized carbons (Fsp3) is 0.182. The van der Waals surface area contributed by atoms with Crippen LogP contribution in [-0.2, 0) is 6.54 Å². The number of aromatic nitrogens is 3. The molecular weight excluding hydrogens is 223 g/mol. The van der Waals surface area contributed by atoms with Crippen molar-refractivity contribution in [3.63, 3.8) is 0 Å². The van der Waals surface area contributed by atoms with Crippen LogP contribution in [0.2, 0.25) is 0 Å². The summed E-state index contributed by atoms with van der Waals surface area (Å²) in [5, 5.41) is 2.74. The highest BCUT2D eigenvalue weighted by Crippen LogP contribution is 2.06. The van der Waals surface area contributed by atoms with Crippen molar-refractivity contribution < 1.29 is 4.39 Å². The van der Waals surface area contributed by atoms with Crippen molar-refractivity contribution in [2.75, 3.05) is 5.32 Å². The van der Waals surface area contributed by atoms with Crippen molar-refractivity contribution in [2.45, 2.75) is 13.5 Å². The number of nitrogens with zero attached hydrogens (tertiary/aromatic N) is 2. The fourth-order valence-corrected chi connectivity index (χ4v) is 1.37. The highest BCUT2D eigenvalue weighted by atomic mass is 19.1. The van der Waals surface area contributed by atoms with Crippen molar-refractivity contribution >= 4 is 5.82 Å². The van der Waals surface area contributed by atoms with Gasteiger partial charge >= 0.3 is 0 Å². The van der Waals surface area contributed by atoms with Crippen LogP contribution in [0, 0.1) is 12.7 Å². The zero-order valence-corrected chi connectivity index (χ0v) is 9.20. The predicted molar refractivity (Wildman–Crippen MR) is 61.1 cm³/mol. The lowest BCUT2D eigenvalue weighted by Gasteiger charge is -2.06. The van der Waals surface area contributed by atoms with E-state index in [1.54, 1.807) is 25.3 Å². The largest absolute Gasteiger partial charge is 0.362 e. The summed E-state index contributed by atoms with van der Waals surface area (Å²) in [6.45, 7) is 1.90. The van der Waals surface area contributed by atoms with Gasteiger partial charge in [-0.3, -0.25) is 9.78 Å². The molecule has 0 amide bonds. The molecule has 2 heterocycles. The number of hydrogen-bond acceptors (Lipinski definition) is 4. The van der Waals surface area contributed by atoms with Gasteiger partial charge in [0.1, 0.15) is 5.82 Å². The maximum atomic E-state index is 13.4. The van der Waals surface area contributed by atoms with Gasteiger partial charge in [0.15, 0.2) is 5.82 Å². The van der Waals surface area contributed by atoms with E-state index in [2.05, 4.69) is 20.3 Å². The number of rotatable bonds is 3. The summed E-state index contributed by atoms with van der Waals surface area (Å²) in [7, 11) is 0. The fourth-order valence-electron chi connectivity index (χ4n) is 1.37. The summed E-state index contributed by atoms with van der Waals surface area (Å²) in [5.41, 5.74) is -0.0346. The van der Waals surface area contributed by atoms with Crippen molar-refractivity contribution in [3.8, 4) is 0 Å². The van der Waals surface area contributed by atoms with E-state index in [4.69, 9.17) is 0 Å². The van der Waals surface area contributed by atoms with Gasteiger partial charge in [0.25, 0.3) is 5.56 Å². The highest BCUT2D eigenvalue weighted by Gasteiger charge is 2.08. The van der Waals surface area contributed by atoms with E-state index < -0.39 is 11.4 Å². The average molecular weight is 234 g/mol. The molecule has 0 unspecified atom stereocenters. The van der Waals surface area contributed by atoms with Gasteiger partial charge < -0.3 is 10.3 Å². The Morgan fingerprint density at radius 3 is 3.00 bits per heavy atom. The van der Waals surface area contributed by atoms with Crippen molar-refractivity contribution in [3.05, 3.63) is 52.1 Å². The molecule has 0 radical (unpaired) electrons. The maximum absolute atomic E-state index is 13.4. The molecule has 0 bridgehead atoms. The minimum Gasteiger partial charge on any atom is -0.362 e. The molecule has 0 saturated heterocycles. The van der Waals surface area contributed by atoms with Gasteiger partial charge in [0, 0.05) is 6.20 Å². The van der Waals surface area contributed by atoms with E-state index in [0.717, 1.165) is 5.69 Å². The van der Waals surface area contributed by atoms with E-state index >= 15 is 0 Å². The normalized spacial score (nSPS) is 10.2. The molecule has 2 aromatic rings. The van der Waals surface area contributed by atoms with Gasteiger partial charge in [0.2, 0.25) is 5.82 Å². The lowest BCUT2D eigenvalue weighted by molar-refractivity contribution is 0.600. The van der Waals surface area contributed by atoms with E-state index in [0.29, 0.717) is 12.4 Å². The summed E-state index contributed by atoms with van der Waals surface area (Å²) in [4.78, 5) is 21.4. The molecule has 0 spiro atoms. The Balaban J connectivity index is 2.17. The summed E-state index contributed by atoms with van der Waals surface area (Å²) in [6, 6.07) is 5.42. The summed E-state index contributed by atoms with van der Waals surface area (Å²) < 4.78 is 13.4. The molecule has 0 aromatic carbocycles. The average Bonchev–Trinajstić information content (AvgIpc) is 2.33. The van der Waals surface area contributed by atoms with Crippen molar-refractivity contribution in [1.82, 2.24) is 15.0 Å². The van der Waals surface area contributed by atoms with Crippen LogP contribution in [0.3, 0.4) is 0 Å². The number of aromatic amines is 1. The molecule has 0 atom stereocenters. The SMILES string of the molecule is Cc1nc(NCc2ccccn2)c(F)c(=O)[nH]1. The van der Waals surface area contributed by atoms with Crippen LogP contribution < -0.4 is 10.9 Å². The Labute approximate surface area is 96.8 Å². The zero-order chi connectivity index (χ0) is 12.3. The Morgan fingerprint density at radius 2 is 2.29 bits per heavy atom. The Morgan fingerprint density at radius 1 is 1.47 bits per heavy atom. The highest BCUT2D eigenvalue weighted by molar-refractivity contribution is 5.35. The van der Waals surface area contributed by atoms with Gasteiger partial charge in [-0.2, -0.15) is 4.39 Å². The first-order valence-electron chi connectivity index (χ1n) is 5.07. The van der Waals surface area contributed by atoms with E-state index in [1.165, 1.54) is 0 Å². The molecule has 0 fully saturated rings. The molecule has 2 rings (SSSR count). The van der Waals surface area contributed by atoms with Gasteiger partial charge in [-0.05, 0) is 19.1 Å². The van der Waals surface area contributed by atoms with Crippen LogP contribution in [0.25, 0.3) is 0 Å². The third-order valence-electron chi connectivity index (χ3n) is 2.14. The molecule has 0 aliphatic rings. The Bertz CT molecular complexity index is 567. The molecule has 2 N–H and O–H groups in total. The number of aryl methyl sites for hydroxylation is 1. The summed E-state index contributed by atoms with van der Waals surface area (Å²) >= 11 is 0. The molecule has 88 valence electrons. The zero-order valence-electron chi connectivity index (χ0n) is 9.20. The number of halogens is 1. The van der Waals surface area contributed by atoms with Gasteiger partial charge in [-0.1, -0.05) is 6.07 Å². The second-order valence-corrected chi connectivity index (χ2v) is 3.49. The monoisotopic (exact) mass is 234 g/mol. The topological polar surface area (TPSA) is 70.7 Å². The minimum absolute atomic E-state index is 0.0584. The minimum atomic E-state index is -0.911. The second kappa shape index (κ2) is 4.73. The molecule has 5 nitrogen and oxygen atoms in total. The molecule has 2 aromatic heterocycles. The lowest BCUT2D eigenvalue weighted by atomic mass is 10.3. The third kappa shape index (κ3) is 2.66. The van der Waals surface area contributed by atoms with E-state index in [1.807, 2.05) is 6.07 Å². The van der Waals surface area contributed by atoms with Crippen LogP contribution in [0.4, 0.5) is 10.2 Å². The Hall–Kier alpha value is -2.24. The molecule has 0 aliphatic heterocycles. The van der Waals surface area contributed by atoms with Crippen LogP contribution in [0.1, 0.15) is 11.5 Å². The van der Waals surface area contributed by atoms with Gasteiger partial charge in [-0.25, -0.2) is 4.98 Å². The summed E-state index contributed by atoms with van der Waals surface area (Å²) in [5.74, 6) is -0.608. The maximum Gasteiger partial charge on any atom is 0.289 e. The van der Waals surface area contributed by atoms with Crippen LogP contribution in [-0.4, -0.2) is 15.0 Å². The lowest BCUT2D eigenvalue weighted by Crippen LogP contribution is -2.18. The van der Waals surface area contributed by atoms with E-state index in [-0.39, 0.29) is 5.82 Å². The quantitative estimate of drug-likeness (QED) is 0.837. The molecular formula is C11H11FN4O. The van der Waals surface area contributed by atoms with Crippen LogP contribution in [0.15, 0.2) is 29.2 Å². The molecule has 17 heavy (non-hydrogen) atoms. The number of anilines is 1. The first-order valence-corrected chi connectivity index (χ1v) is 5.07. The van der Waals surface area contributed by atoms with Crippen LogP contribution >= 0.6 is 0 Å². The van der Waals surface area contributed by atoms with Crippen molar-refractivity contribution in [1.29, 1.82) is 0 Å². The first kappa shape index (κ1) is 11.3. The molecule has 6 heteroatoms. The first-order chi connectivity index (χ1) is 8.16. The number of nitrogens with one attached hydrogen (secondary N) is 2. The number of pyridine rings is 1. The van der Waals surface area contributed by atoms with Gasteiger partial charge in [-0.15, -0.1) is 0 Å². The molecule has 0 saturated carbocycles. The van der Waals surface area contributed by atoms with Crippen molar-refractivity contribution in [2.24, 2.45) is 0 Å². The Kier molecular flexibility index (Phi) is 3.13. The predicted octanol–water partition coefficient (Wildman–Crippen LogP) is 1.22. The number of H-pyrrole nitrogens is 1. The van der Waals surface area contributed by atoms with E-state index in [9.17, 15) is 9.18 Å². The van der Waals surface area contributed by atoms with Crippen LogP contribution in [0.5, 0.6) is 0 Å². The van der Waals surface area contributed by atoms with Gasteiger partial charge in [0.05, 0.1) is 12.2 Å².